The van der Waals surface area contributed by atoms with Crippen LogP contribution in [0, 0.1) is 0 Å². The third-order valence-corrected chi connectivity index (χ3v) is 4.96. The fraction of sp³-hybridized carbons (Fsp3) is 0.333. The van der Waals surface area contributed by atoms with Crippen LogP contribution in [0.2, 0.25) is 0 Å². The lowest BCUT2D eigenvalue weighted by atomic mass is 9.96. The van der Waals surface area contributed by atoms with Crippen LogP contribution in [0.5, 0.6) is 11.5 Å². The van der Waals surface area contributed by atoms with E-state index in [1.165, 1.54) is 0 Å². The number of hydrogen-bond donors (Lipinski definition) is 0. The van der Waals surface area contributed by atoms with Gasteiger partial charge < -0.3 is 18.9 Å². The van der Waals surface area contributed by atoms with E-state index in [9.17, 15) is 4.79 Å². The zero-order valence-corrected chi connectivity index (χ0v) is 16.2. The first kappa shape index (κ1) is 18.9. The summed E-state index contributed by atoms with van der Waals surface area (Å²) < 4.78 is 16.1. The van der Waals surface area contributed by atoms with Gasteiger partial charge in [0.15, 0.2) is 12.4 Å². The molecule has 8 nitrogen and oxygen atoms in total. The Morgan fingerprint density at radius 1 is 1.14 bits per heavy atom. The molecule has 3 heterocycles. The van der Waals surface area contributed by atoms with Gasteiger partial charge in [-0.15, -0.1) is 0 Å². The first-order valence-electron chi connectivity index (χ1n) is 9.52. The summed E-state index contributed by atoms with van der Waals surface area (Å²) in [5.41, 5.74) is 0.662. The molecule has 1 fully saturated rings. The van der Waals surface area contributed by atoms with Gasteiger partial charge in [-0.2, -0.15) is 4.98 Å². The van der Waals surface area contributed by atoms with Crippen LogP contribution < -0.4 is 9.47 Å². The monoisotopic (exact) mass is 394 g/mol. The topological polar surface area (TPSA) is 90.6 Å². The Hall–Kier alpha value is -3.42. The van der Waals surface area contributed by atoms with E-state index in [-0.39, 0.29) is 18.4 Å². The fourth-order valence-corrected chi connectivity index (χ4v) is 3.29. The van der Waals surface area contributed by atoms with Crippen molar-refractivity contribution < 1.29 is 18.8 Å². The number of aromatic nitrogens is 3. The van der Waals surface area contributed by atoms with Gasteiger partial charge in [0.25, 0.3) is 11.8 Å². The molecule has 0 unspecified atom stereocenters. The maximum Gasteiger partial charge on any atom is 0.276 e. The molecule has 1 saturated heterocycles. The summed E-state index contributed by atoms with van der Waals surface area (Å²) >= 11 is 0. The number of rotatable bonds is 6. The summed E-state index contributed by atoms with van der Waals surface area (Å²) in [6.45, 7) is 1.30. The lowest BCUT2D eigenvalue weighted by Crippen LogP contribution is -2.40. The average molecular weight is 394 g/mol. The number of carbonyl (C=O) groups excluding carboxylic acids is 1. The fourth-order valence-electron chi connectivity index (χ4n) is 3.29. The SMILES string of the molecule is COc1ccc(OCC(=O)N2CCC(c3noc(-c4ccccn4)n3)CC2)cc1. The van der Waals surface area contributed by atoms with Gasteiger partial charge >= 0.3 is 0 Å². The van der Waals surface area contributed by atoms with Gasteiger partial charge in [0.2, 0.25) is 0 Å². The van der Waals surface area contributed by atoms with Crippen LogP contribution in [0.1, 0.15) is 24.6 Å². The molecule has 0 bridgehead atoms. The van der Waals surface area contributed by atoms with Gasteiger partial charge in [-0.1, -0.05) is 11.2 Å². The molecule has 0 aliphatic carbocycles. The molecule has 150 valence electrons. The summed E-state index contributed by atoms with van der Waals surface area (Å²) in [5, 5.41) is 4.11. The Labute approximate surface area is 168 Å². The lowest BCUT2D eigenvalue weighted by Gasteiger charge is -2.30. The smallest absolute Gasteiger partial charge is 0.276 e. The number of likely N-dealkylation sites (tertiary alicyclic amines) is 1. The van der Waals surface area contributed by atoms with Crippen molar-refractivity contribution in [2.45, 2.75) is 18.8 Å². The van der Waals surface area contributed by atoms with E-state index in [1.54, 1.807) is 37.6 Å². The van der Waals surface area contributed by atoms with Crippen LogP contribution in [0.3, 0.4) is 0 Å². The molecule has 0 saturated carbocycles. The lowest BCUT2D eigenvalue weighted by molar-refractivity contribution is -0.134. The summed E-state index contributed by atoms with van der Waals surface area (Å²) in [6.07, 6.45) is 3.27. The van der Waals surface area contributed by atoms with Gasteiger partial charge in [0.1, 0.15) is 17.2 Å². The minimum atomic E-state index is -0.0263. The second kappa shape index (κ2) is 8.72. The van der Waals surface area contributed by atoms with Crippen LogP contribution in [-0.4, -0.2) is 52.7 Å². The molecular formula is C21H22N4O4. The van der Waals surface area contributed by atoms with E-state index in [0.29, 0.717) is 36.2 Å². The summed E-state index contributed by atoms with van der Waals surface area (Å²) in [7, 11) is 1.61. The Bertz CT molecular complexity index is 935. The first-order chi connectivity index (χ1) is 14.2. The van der Waals surface area contributed by atoms with Crippen LogP contribution in [0.25, 0.3) is 11.6 Å². The molecule has 2 aromatic heterocycles. The molecule has 1 amide bonds. The van der Waals surface area contributed by atoms with Gasteiger partial charge in [-0.05, 0) is 49.2 Å². The second-order valence-corrected chi connectivity index (χ2v) is 6.79. The van der Waals surface area contributed by atoms with Crippen molar-refractivity contribution >= 4 is 5.91 Å². The molecule has 0 spiro atoms. The van der Waals surface area contributed by atoms with E-state index >= 15 is 0 Å². The molecule has 0 N–H and O–H groups in total. The Morgan fingerprint density at radius 2 is 1.90 bits per heavy atom. The van der Waals surface area contributed by atoms with Crippen molar-refractivity contribution in [2.75, 3.05) is 26.8 Å². The number of pyridine rings is 1. The van der Waals surface area contributed by atoms with Crippen molar-refractivity contribution in [3.05, 3.63) is 54.5 Å². The van der Waals surface area contributed by atoms with Crippen LogP contribution >= 0.6 is 0 Å². The van der Waals surface area contributed by atoms with Gasteiger partial charge in [0.05, 0.1) is 7.11 Å². The number of piperidine rings is 1. The third-order valence-electron chi connectivity index (χ3n) is 4.96. The second-order valence-electron chi connectivity index (χ2n) is 6.79. The number of nitrogens with zero attached hydrogens (tertiary/aromatic N) is 4. The summed E-state index contributed by atoms with van der Waals surface area (Å²) in [5.74, 6) is 2.63. The summed E-state index contributed by atoms with van der Waals surface area (Å²) in [6, 6.07) is 12.7. The van der Waals surface area contributed by atoms with Crippen molar-refractivity contribution in [3.8, 4) is 23.1 Å². The highest BCUT2D eigenvalue weighted by Crippen LogP contribution is 2.27. The normalized spacial score (nSPS) is 14.6. The van der Waals surface area contributed by atoms with Crippen molar-refractivity contribution in [2.24, 2.45) is 0 Å². The largest absolute Gasteiger partial charge is 0.497 e. The Morgan fingerprint density at radius 3 is 2.59 bits per heavy atom. The van der Waals surface area contributed by atoms with E-state index in [0.717, 1.165) is 18.6 Å². The Balaban J connectivity index is 1.27. The predicted molar refractivity (Wildman–Crippen MR) is 105 cm³/mol. The minimum Gasteiger partial charge on any atom is -0.497 e. The van der Waals surface area contributed by atoms with E-state index in [2.05, 4.69) is 15.1 Å². The zero-order chi connectivity index (χ0) is 20.1. The van der Waals surface area contributed by atoms with Crippen LogP contribution in [0.15, 0.2) is 53.2 Å². The number of ether oxygens (including phenoxy) is 2. The number of carbonyl (C=O) groups is 1. The van der Waals surface area contributed by atoms with Crippen LogP contribution in [-0.2, 0) is 4.79 Å². The average Bonchev–Trinajstić information content (AvgIpc) is 3.29. The highest BCUT2D eigenvalue weighted by molar-refractivity contribution is 5.77. The first-order valence-corrected chi connectivity index (χ1v) is 9.52. The molecule has 1 aliphatic rings. The standard InChI is InChI=1S/C21H22N4O4/c1-27-16-5-7-17(8-6-16)28-14-19(26)25-12-9-15(10-13-25)20-23-21(29-24-20)18-4-2-3-11-22-18/h2-8,11,15H,9-10,12-14H2,1H3. The van der Waals surface area contributed by atoms with E-state index in [4.69, 9.17) is 14.0 Å². The third kappa shape index (κ3) is 4.53. The quantitative estimate of drug-likeness (QED) is 0.635. The van der Waals surface area contributed by atoms with E-state index < -0.39 is 0 Å². The molecule has 0 radical (unpaired) electrons. The van der Waals surface area contributed by atoms with Gasteiger partial charge in [0, 0.05) is 25.2 Å². The van der Waals surface area contributed by atoms with Crippen molar-refractivity contribution in [1.82, 2.24) is 20.0 Å². The maximum atomic E-state index is 12.4. The molecule has 3 aromatic rings. The van der Waals surface area contributed by atoms with Gasteiger partial charge in [-0.3, -0.25) is 9.78 Å². The molecule has 8 heteroatoms. The maximum absolute atomic E-state index is 12.4. The number of hydrogen-bond acceptors (Lipinski definition) is 7. The zero-order valence-electron chi connectivity index (χ0n) is 16.2. The highest BCUT2D eigenvalue weighted by Gasteiger charge is 2.27. The Kier molecular flexibility index (Phi) is 5.69. The van der Waals surface area contributed by atoms with Crippen LogP contribution in [0.4, 0.5) is 0 Å². The van der Waals surface area contributed by atoms with Gasteiger partial charge in [-0.25, -0.2) is 0 Å². The number of amides is 1. The minimum absolute atomic E-state index is 0.0169. The molecule has 1 aliphatic heterocycles. The summed E-state index contributed by atoms with van der Waals surface area (Å²) in [4.78, 5) is 23.0. The number of methoxy groups -OCH3 is 1. The predicted octanol–water partition coefficient (Wildman–Crippen LogP) is 2.93. The molecule has 4 rings (SSSR count). The molecular weight excluding hydrogens is 372 g/mol. The number of benzene rings is 1. The van der Waals surface area contributed by atoms with Crippen molar-refractivity contribution in [3.63, 3.8) is 0 Å². The molecule has 0 atom stereocenters. The molecule has 1 aromatic carbocycles. The molecule has 29 heavy (non-hydrogen) atoms. The highest BCUT2D eigenvalue weighted by atomic mass is 16.5. The van der Waals surface area contributed by atoms with Crippen molar-refractivity contribution in [1.29, 1.82) is 0 Å². The van der Waals surface area contributed by atoms with E-state index in [1.807, 2.05) is 23.1 Å².